The van der Waals surface area contributed by atoms with E-state index < -0.39 is 10.5 Å². The molecule has 0 radical (unpaired) electrons. The molecular formula is C10H13BrN2O4. The summed E-state index contributed by atoms with van der Waals surface area (Å²) in [4.78, 5) is 21.7. The van der Waals surface area contributed by atoms with Gasteiger partial charge in [-0.1, -0.05) is 0 Å². The number of nitro groups is 1. The fraction of sp³-hybridized carbons (Fsp3) is 0.500. The number of aryl methyl sites for hydroxylation is 1. The summed E-state index contributed by atoms with van der Waals surface area (Å²) in [6, 6.07) is 1.17. The summed E-state index contributed by atoms with van der Waals surface area (Å²) in [7, 11) is 0. The van der Waals surface area contributed by atoms with E-state index in [1.807, 2.05) is 0 Å². The largest absolute Gasteiger partial charge is 0.390 e. The van der Waals surface area contributed by atoms with Crippen LogP contribution >= 0.6 is 15.9 Å². The first-order valence-corrected chi connectivity index (χ1v) is 5.77. The quantitative estimate of drug-likeness (QED) is 0.677. The molecule has 7 heteroatoms. The second-order valence-corrected chi connectivity index (χ2v) is 5.22. The lowest BCUT2D eigenvalue weighted by Gasteiger charge is -2.17. The Kier molecular flexibility index (Phi) is 4.05. The van der Waals surface area contributed by atoms with Gasteiger partial charge in [0.2, 0.25) is 0 Å². The molecule has 17 heavy (non-hydrogen) atoms. The van der Waals surface area contributed by atoms with Crippen molar-refractivity contribution in [1.82, 2.24) is 4.57 Å². The average molecular weight is 305 g/mol. The molecule has 1 heterocycles. The van der Waals surface area contributed by atoms with Crippen molar-refractivity contribution in [3.05, 3.63) is 37.2 Å². The zero-order valence-corrected chi connectivity index (χ0v) is 11.1. The summed E-state index contributed by atoms with van der Waals surface area (Å²) in [5, 5.41) is 20.2. The standard InChI is InChI=1S/C10H13BrN2O4/c1-10(2,15)3-4-12-6-7(13(16)17)5-8(11)9(12)14/h5-6,15H,3-4H2,1-2H3. The van der Waals surface area contributed by atoms with Gasteiger partial charge in [0, 0.05) is 12.6 Å². The molecule has 94 valence electrons. The molecule has 6 nitrogen and oxygen atoms in total. The normalized spacial score (nSPS) is 11.5. The Morgan fingerprint density at radius 2 is 2.18 bits per heavy atom. The van der Waals surface area contributed by atoms with E-state index >= 15 is 0 Å². The number of halogens is 1. The molecule has 0 aromatic carbocycles. The van der Waals surface area contributed by atoms with Gasteiger partial charge in [-0.15, -0.1) is 0 Å². The highest BCUT2D eigenvalue weighted by atomic mass is 79.9. The van der Waals surface area contributed by atoms with Crippen molar-refractivity contribution < 1.29 is 10.0 Å². The van der Waals surface area contributed by atoms with Gasteiger partial charge in [0.15, 0.2) is 0 Å². The maximum atomic E-state index is 11.7. The molecule has 0 saturated heterocycles. The van der Waals surface area contributed by atoms with E-state index in [1.165, 1.54) is 16.8 Å². The minimum atomic E-state index is -0.920. The van der Waals surface area contributed by atoms with E-state index in [9.17, 15) is 20.0 Å². The first kappa shape index (κ1) is 13.9. The zero-order valence-electron chi connectivity index (χ0n) is 9.51. The number of hydrogen-bond donors (Lipinski definition) is 1. The van der Waals surface area contributed by atoms with Gasteiger partial charge in [0.1, 0.15) is 0 Å². The van der Waals surface area contributed by atoms with Crippen molar-refractivity contribution >= 4 is 21.6 Å². The molecule has 0 spiro atoms. The number of rotatable bonds is 4. The highest BCUT2D eigenvalue weighted by Crippen LogP contribution is 2.15. The van der Waals surface area contributed by atoms with Gasteiger partial charge in [-0.3, -0.25) is 14.9 Å². The van der Waals surface area contributed by atoms with Crippen molar-refractivity contribution in [2.45, 2.75) is 32.4 Å². The number of pyridine rings is 1. The van der Waals surface area contributed by atoms with Gasteiger partial charge in [-0.2, -0.15) is 0 Å². The first-order valence-electron chi connectivity index (χ1n) is 4.97. The van der Waals surface area contributed by atoms with Gasteiger partial charge in [-0.05, 0) is 36.2 Å². The summed E-state index contributed by atoms with van der Waals surface area (Å²) in [5.74, 6) is 0. The molecule has 0 aliphatic carbocycles. The molecular weight excluding hydrogens is 292 g/mol. The van der Waals surface area contributed by atoms with Crippen molar-refractivity contribution in [3.63, 3.8) is 0 Å². The van der Waals surface area contributed by atoms with E-state index in [1.54, 1.807) is 13.8 Å². The Labute approximate surface area is 106 Å². The average Bonchev–Trinajstić information content (AvgIpc) is 2.18. The van der Waals surface area contributed by atoms with Crippen LogP contribution in [0.25, 0.3) is 0 Å². The summed E-state index contributed by atoms with van der Waals surface area (Å²) in [5.41, 5.74) is -1.43. The lowest BCUT2D eigenvalue weighted by atomic mass is 10.1. The summed E-state index contributed by atoms with van der Waals surface area (Å²) < 4.78 is 1.36. The highest BCUT2D eigenvalue weighted by molar-refractivity contribution is 9.10. The van der Waals surface area contributed by atoms with Crippen molar-refractivity contribution in [3.8, 4) is 0 Å². The Hall–Kier alpha value is -1.21. The number of aliphatic hydroxyl groups is 1. The SMILES string of the molecule is CC(C)(O)CCn1cc([N+](=O)[O-])cc(Br)c1=O. The molecule has 0 fully saturated rings. The topological polar surface area (TPSA) is 85.4 Å². The van der Waals surface area contributed by atoms with Gasteiger partial charge < -0.3 is 9.67 Å². The van der Waals surface area contributed by atoms with E-state index in [2.05, 4.69) is 15.9 Å². The van der Waals surface area contributed by atoms with Crippen LogP contribution in [-0.4, -0.2) is 20.2 Å². The smallest absolute Gasteiger partial charge is 0.286 e. The van der Waals surface area contributed by atoms with Crippen LogP contribution in [0.2, 0.25) is 0 Å². The van der Waals surface area contributed by atoms with Crippen LogP contribution in [0.4, 0.5) is 5.69 Å². The summed E-state index contributed by atoms with van der Waals surface area (Å²) in [6.45, 7) is 3.46. The molecule has 1 rings (SSSR count). The van der Waals surface area contributed by atoms with Crippen LogP contribution in [-0.2, 0) is 6.54 Å². The predicted octanol–water partition coefficient (Wildman–Crippen LogP) is 1.68. The molecule has 0 aliphatic heterocycles. The van der Waals surface area contributed by atoms with Gasteiger partial charge in [0.05, 0.1) is 21.2 Å². The monoisotopic (exact) mass is 304 g/mol. The van der Waals surface area contributed by atoms with E-state index in [0.29, 0.717) is 6.42 Å². The van der Waals surface area contributed by atoms with Crippen LogP contribution in [0.5, 0.6) is 0 Å². The minimum absolute atomic E-state index is 0.141. The second-order valence-electron chi connectivity index (χ2n) is 4.36. The molecule has 0 saturated carbocycles. The zero-order chi connectivity index (χ0) is 13.2. The Balaban J connectivity index is 3.06. The van der Waals surface area contributed by atoms with Crippen LogP contribution < -0.4 is 5.56 Å². The Morgan fingerprint density at radius 1 is 1.59 bits per heavy atom. The Morgan fingerprint density at radius 3 is 2.65 bits per heavy atom. The fourth-order valence-corrected chi connectivity index (χ4v) is 1.71. The van der Waals surface area contributed by atoms with Crippen molar-refractivity contribution in [1.29, 1.82) is 0 Å². The van der Waals surface area contributed by atoms with E-state index in [-0.39, 0.29) is 22.3 Å². The van der Waals surface area contributed by atoms with Gasteiger partial charge >= 0.3 is 0 Å². The molecule has 1 aromatic rings. The molecule has 0 bridgehead atoms. The lowest BCUT2D eigenvalue weighted by Crippen LogP contribution is -2.26. The van der Waals surface area contributed by atoms with E-state index in [0.717, 1.165) is 0 Å². The molecule has 0 amide bonds. The fourth-order valence-electron chi connectivity index (χ4n) is 1.24. The van der Waals surface area contributed by atoms with Gasteiger partial charge in [0.25, 0.3) is 11.2 Å². The van der Waals surface area contributed by atoms with Crippen molar-refractivity contribution in [2.24, 2.45) is 0 Å². The van der Waals surface area contributed by atoms with Crippen LogP contribution in [0.1, 0.15) is 20.3 Å². The summed E-state index contributed by atoms with van der Waals surface area (Å²) in [6.07, 6.45) is 1.51. The van der Waals surface area contributed by atoms with Crippen LogP contribution in [0, 0.1) is 10.1 Å². The number of aromatic nitrogens is 1. The third kappa shape index (κ3) is 3.94. The highest BCUT2D eigenvalue weighted by Gasteiger charge is 2.16. The molecule has 1 aromatic heterocycles. The minimum Gasteiger partial charge on any atom is -0.390 e. The molecule has 0 atom stereocenters. The van der Waals surface area contributed by atoms with Crippen LogP contribution in [0.3, 0.4) is 0 Å². The molecule has 0 aliphatic rings. The number of hydrogen-bond acceptors (Lipinski definition) is 4. The van der Waals surface area contributed by atoms with Crippen molar-refractivity contribution in [2.75, 3.05) is 0 Å². The molecule has 0 unspecified atom stereocenters. The third-order valence-electron chi connectivity index (χ3n) is 2.20. The molecule has 1 N–H and O–H groups in total. The summed E-state index contributed by atoms with van der Waals surface area (Å²) >= 11 is 2.99. The third-order valence-corrected chi connectivity index (χ3v) is 2.77. The first-order chi connectivity index (χ1) is 7.70. The lowest BCUT2D eigenvalue weighted by molar-refractivity contribution is -0.385. The maximum absolute atomic E-state index is 11.7. The van der Waals surface area contributed by atoms with Gasteiger partial charge in [-0.25, -0.2) is 0 Å². The Bertz CT molecular complexity index is 490. The predicted molar refractivity (Wildman–Crippen MR) is 66.0 cm³/mol. The maximum Gasteiger partial charge on any atom is 0.286 e. The van der Waals surface area contributed by atoms with Crippen LogP contribution in [0.15, 0.2) is 21.5 Å². The number of nitrogens with zero attached hydrogens (tertiary/aromatic N) is 2. The second kappa shape index (κ2) is 4.97. The van der Waals surface area contributed by atoms with E-state index in [4.69, 9.17) is 0 Å².